The van der Waals surface area contributed by atoms with Crippen LogP contribution in [0.15, 0.2) is 0 Å². The van der Waals surface area contributed by atoms with E-state index in [0.717, 1.165) is 51.4 Å². The molecule has 0 bridgehead atoms. The van der Waals surface area contributed by atoms with Crippen LogP contribution in [0.1, 0.15) is 79.1 Å². The van der Waals surface area contributed by atoms with Crippen LogP contribution in [0.5, 0.6) is 0 Å². The number of hydrogen-bond acceptors (Lipinski definition) is 5. The van der Waals surface area contributed by atoms with Crippen molar-refractivity contribution in [2.45, 2.75) is 90.1 Å². The lowest BCUT2D eigenvalue weighted by atomic mass is 9.89. The van der Waals surface area contributed by atoms with Crippen LogP contribution in [0.25, 0.3) is 0 Å². The van der Waals surface area contributed by atoms with Gasteiger partial charge in [0, 0.05) is 11.1 Å². The van der Waals surface area contributed by atoms with Gasteiger partial charge < -0.3 is 20.5 Å². The fourth-order valence-corrected chi connectivity index (χ4v) is 3.11. The van der Waals surface area contributed by atoms with E-state index in [0.29, 0.717) is 13.2 Å². The summed E-state index contributed by atoms with van der Waals surface area (Å²) in [6, 6.07) is 0. The topological polar surface area (TPSA) is 87.6 Å². The van der Waals surface area contributed by atoms with Crippen LogP contribution < -0.4 is 11.5 Å². The first-order valence-electron chi connectivity index (χ1n) is 8.72. The van der Waals surface area contributed by atoms with E-state index in [9.17, 15) is 4.57 Å². The third-order valence-corrected chi connectivity index (χ3v) is 5.77. The second kappa shape index (κ2) is 11.6. The van der Waals surface area contributed by atoms with Gasteiger partial charge in [-0.05, 0) is 51.4 Å². The lowest BCUT2D eigenvalue weighted by Crippen LogP contribution is -2.38. The van der Waals surface area contributed by atoms with Crippen LogP contribution in [-0.4, -0.2) is 24.3 Å². The molecule has 0 saturated carbocycles. The highest BCUT2D eigenvalue weighted by atomic mass is 31.1. The van der Waals surface area contributed by atoms with Gasteiger partial charge in [-0.15, -0.1) is 0 Å². The zero-order valence-corrected chi connectivity index (χ0v) is 16.0. The third-order valence-electron chi connectivity index (χ3n) is 4.89. The van der Waals surface area contributed by atoms with Crippen molar-refractivity contribution in [1.29, 1.82) is 0 Å². The highest BCUT2D eigenvalue weighted by Gasteiger charge is 2.20. The molecule has 5 nitrogen and oxygen atoms in total. The van der Waals surface area contributed by atoms with Gasteiger partial charge in [-0.25, -0.2) is 0 Å². The minimum absolute atomic E-state index is 0.120. The molecule has 0 saturated heterocycles. The van der Waals surface area contributed by atoms with Crippen LogP contribution >= 0.6 is 8.25 Å². The average molecular weight is 336 g/mol. The molecule has 0 aliphatic carbocycles. The highest BCUT2D eigenvalue weighted by Crippen LogP contribution is 2.27. The Balaban J connectivity index is 3.71. The van der Waals surface area contributed by atoms with E-state index in [1.807, 2.05) is 0 Å². The minimum Gasteiger partial charge on any atom is -0.325 e. The summed E-state index contributed by atoms with van der Waals surface area (Å²) >= 11 is 0. The number of nitrogens with two attached hydrogens (primary N) is 2. The molecular formula is C16H37N2O3P. The van der Waals surface area contributed by atoms with Crippen LogP contribution in [-0.2, 0) is 13.6 Å². The van der Waals surface area contributed by atoms with Gasteiger partial charge in [0.15, 0.2) is 0 Å². The molecule has 0 unspecified atom stereocenters. The quantitative estimate of drug-likeness (QED) is 0.370. The molecule has 0 aliphatic rings. The van der Waals surface area contributed by atoms with Crippen molar-refractivity contribution in [3.63, 3.8) is 0 Å². The van der Waals surface area contributed by atoms with Crippen LogP contribution in [0.3, 0.4) is 0 Å². The standard InChI is InChI=1S/C16H37N2O3P/c1-5-15(17,6-2)11-9-13-20-22(19)21-14-10-12-16(18,7-3)8-4/h22H,5-14,17-18H2,1-4H3. The average Bonchev–Trinajstić information content (AvgIpc) is 2.55. The number of rotatable bonds is 14. The maximum absolute atomic E-state index is 11.6. The molecule has 134 valence electrons. The van der Waals surface area contributed by atoms with E-state index in [-0.39, 0.29) is 11.1 Å². The maximum Gasteiger partial charge on any atom is 0.319 e. The fraction of sp³-hybridized carbons (Fsp3) is 1.00. The fourth-order valence-electron chi connectivity index (χ4n) is 2.41. The van der Waals surface area contributed by atoms with Crippen molar-refractivity contribution in [2.24, 2.45) is 11.5 Å². The Morgan fingerprint density at radius 1 is 0.773 bits per heavy atom. The van der Waals surface area contributed by atoms with E-state index >= 15 is 0 Å². The summed E-state index contributed by atoms with van der Waals surface area (Å²) in [7, 11) is -2.38. The molecule has 0 aromatic heterocycles. The molecule has 0 rings (SSSR count). The van der Waals surface area contributed by atoms with E-state index in [4.69, 9.17) is 20.5 Å². The lowest BCUT2D eigenvalue weighted by Gasteiger charge is -2.26. The molecule has 0 heterocycles. The highest BCUT2D eigenvalue weighted by molar-refractivity contribution is 7.33. The molecular weight excluding hydrogens is 299 g/mol. The molecule has 6 heteroatoms. The van der Waals surface area contributed by atoms with E-state index in [2.05, 4.69) is 27.7 Å². The van der Waals surface area contributed by atoms with E-state index in [1.54, 1.807) is 0 Å². The van der Waals surface area contributed by atoms with Crippen molar-refractivity contribution < 1.29 is 13.6 Å². The Labute approximate surface area is 137 Å². The van der Waals surface area contributed by atoms with Gasteiger partial charge in [0.2, 0.25) is 0 Å². The van der Waals surface area contributed by atoms with Gasteiger partial charge in [0.05, 0.1) is 13.2 Å². The normalized spacial score (nSPS) is 13.0. The first-order valence-corrected chi connectivity index (χ1v) is 9.94. The zero-order chi connectivity index (χ0) is 17.1. The summed E-state index contributed by atoms with van der Waals surface area (Å²) in [6.07, 6.45) is 7.20. The molecule has 4 N–H and O–H groups in total. The monoisotopic (exact) mass is 336 g/mol. The van der Waals surface area contributed by atoms with Crippen molar-refractivity contribution in [1.82, 2.24) is 0 Å². The Hall–Kier alpha value is 0.0700. The minimum atomic E-state index is -2.38. The van der Waals surface area contributed by atoms with Gasteiger partial charge in [0.1, 0.15) is 0 Å². The first kappa shape index (κ1) is 22.1. The molecule has 0 atom stereocenters. The summed E-state index contributed by atoms with van der Waals surface area (Å²) in [4.78, 5) is 0. The van der Waals surface area contributed by atoms with Gasteiger partial charge in [-0.1, -0.05) is 27.7 Å². The van der Waals surface area contributed by atoms with Crippen LogP contribution in [0, 0.1) is 0 Å². The van der Waals surface area contributed by atoms with E-state index < -0.39 is 8.25 Å². The summed E-state index contributed by atoms with van der Waals surface area (Å²) < 4.78 is 22.1. The first-order chi connectivity index (χ1) is 10.3. The van der Waals surface area contributed by atoms with Crippen LogP contribution in [0.2, 0.25) is 0 Å². The predicted molar refractivity (Wildman–Crippen MR) is 94.4 cm³/mol. The van der Waals surface area contributed by atoms with Gasteiger partial charge in [-0.3, -0.25) is 4.57 Å². The molecule has 0 aromatic rings. The zero-order valence-electron chi connectivity index (χ0n) is 15.0. The SMILES string of the molecule is CCC(N)(CC)CCCO[PH](=O)OCCCC(N)(CC)CC. The third kappa shape index (κ3) is 9.26. The molecule has 0 radical (unpaired) electrons. The Morgan fingerprint density at radius 2 is 1.09 bits per heavy atom. The Bertz CT molecular complexity index is 278. The Morgan fingerprint density at radius 3 is 1.36 bits per heavy atom. The summed E-state index contributed by atoms with van der Waals surface area (Å²) in [5.74, 6) is 0. The second-order valence-corrected chi connectivity index (χ2v) is 7.37. The molecule has 0 aromatic carbocycles. The maximum atomic E-state index is 11.6. The lowest BCUT2D eigenvalue weighted by molar-refractivity contribution is 0.204. The second-order valence-electron chi connectivity index (χ2n) is 6.29. The molecule has 0 fully saturated rings. The predicted octanol–water partition coefficient (Wildman–Crippen LogP) is 4.00. The van der Waals surface area contributed by atoms with Crippen molar-refractivity contribution in [2.75, 3.05) is 13.2 Å². The smallest absolute Gasteiger partial charge is 0.319 e. The van der Waals surface area contributed by atoms with Gasteiger partial charge in [0.25, 0.3) is 0 Å². The number of hydrogen-bond donors (Lipinski definition) is 2. The van der Waals surface area contributed by atoms with Crippen molar-refractivity contribution in [3.05, 3.63) is 0 Å². The molecule has 22 heavy (non-hydrogen) atoms. The molecule has 0 spiro atoms. The summed E-state index contributed by atoms with van der Waals surface area (Å²) in [5, 5.41) is 0. The van der Waals surface area contributed by atoms with Crippen molar-refractivity contribution in [3.8, 4) is 0 Å². The largest absolute Gasteiger partial charge is 0.325 e. The molecule has 0 aliphatic heterocycles. The van der Waals surface area contributed by atoms with Crippen LogP contribution in [0.4, 0.5) is 0 Å². The Kier molecular flexibility index (Phi) is 11.6. The van der Waals surface area contributed by atoms with Crippen molar-refractivity contribution >= 4 is 8.25 Å². The van der Waals surface area contributed by atoms with Gasteiger partial charge >= 0.3 is 8.25 Å². The summed E-state index contributed by atoms with van der Waals surface area (Å²) in [5.41, 5.74) is 12.2. The van der Waals surface area contributed by atoms with E-state index in [1.165, 1.54) is 0 Å². The van der Waals surface area contributed by atoms with Gasteiger partial charge in [-0.2, -0.15) is 0 Å². The molecule has 0 amide bonds. The summed E-state index contributed by atoms with van der Waals surface area (Å²) in [6.45, 7) is 9.28.